The number of aromatic nitrogens is 1. The molecule has 15 heavy (non-hydrogen) atoms. The summed E-state index contributed by atoms with van der Waals surface area (Å²) in [6.07, 6.45) is 1.27. The maximum absolute atomic E-state index is 11.0. The van der Waals surface area contributed by atoms with Crippen LogP contribution in [-0.4, -0.2) is 21.2 Å². The molecule has 0 bridgehead atoms. The lowest BCUT2D eigenvalue weighted by atomic mass is 10.1. The van der Waals surface area contributed by atoms with Gasteiger partial charge in [-0.2, -0.15) is 0 Å². The smallest absolute Gasteiger partial charge is 0.338 e. The summed E-state index contributed by atoms with van der Waals surface area (Å²) in [5.41, 5.74) is 6.05. The minimum Gasteiger partial charge on any atom is -0.508 e. The summed E-state index contributed by atoms with van der Waals surface area (Å²) in [4.78, 5) is 14.9. The van der Waals surface area contributed by atoms with Gasteiger partial charge in [0.25, 0.3) is 0 Å². The highest BCUT2D eigenvalue weighted by atomic mass is 16.4. The van der Waals surface area contributed by atoms with Crippen LogP contribution in [0.3, 0.4) is 0 Å². The van der Waals surface area contributed by atoms with E-state index in [-0.39, 0.29) is 17.0 Å². The quantitative estimate of drug-likeness (QED) is 0.649. The van der Waals surface area contributed by atoms with E-state index >= 15 is 0 Å². The third-order valence-electron chi connectivity index (χ3n) is 2.10. The zero-order valence-corrected chi connectivity index (χ0v) is 7.64. The van der Waals surface area contributed by atoms with Crippen LogP contribution >= 0.6 is 0 Å². The molecule has 1 aromatic heterocycles. The highest BCUT2D eigenvalue weighted by Gasteiger charge is 2.13. The van der Waals surface area contributed by atoms with Crippen LogP contribution < -0.4 is 5.73 Å². The van der Waals surface area contributed by atoms with Crippen LogP contribution in [0, 0.1) is 0 Å². The monoisotopic (exact) mass is 204 g/mol. The van der Waals surface area contributed by atoms with Gasteiger partial charge in [-0.15, -0.1) is 0 Å². The lowest BCUT2D eigenvalue weighted by Gasteiger charge is -2.05. The van der Waals surface area contributed by atoms with Gasteiger partial charge in [-0.05, 0) is 12.1 Å². The summed E-state index contributed by atoms with van der Waals surface area (Å²) in [6.45, 7) is 0. The molecule has 0 saturated heterocycles. The molecule has 0 amide bonds. The van der Waals surface area contributed by atoms with Crippen LogP contribution in [0.1, 0.15) is 10.4 Å². The second-order valence-corrected chi connectivity index (χ2v) is 3.10. The van der Waals surface area contributed by atoms with Crippen molar-refractivity contribution < 1.29 is 15.0 Å². The summed E-state index contributed by atoms with van der Waals surface area (Å²) in [7, 11) is 0. The number of aromatic hydroxyl groups is 1. The Hall–Kier alpha value is -2.30. The summed E-state index contributed by atoms with van der Waals surface area (Å²) in [5.74, 6) is -1.07. The first kappa shape index (κ1) is 9.26. The molecule has 5 nitrogen and oxygen atoms in total. The van der Waals surface area contributed by atoms with Crippen molar-refractivity contribution in [3.05, 3.63) is 30.0 Å². The van der Waals surface area contributed by atoms with Gasteiger partial charge in [-0.25, -0.2) is 4.79 Å². The fraction of sp³-hybridized carbons (Fsp3) is 0. The van der Waals surface area contributed by atoms with E-state index in [4.69, 9.17) is 10.8 Å². The number of hydrogen-bond donors (Lipinski definition) is 3. The number of carboxylic acid groups (broad SMARTS) is 1. The van der Waals surface area contributed by atoms with Gasteiger partial charge in [0, 0.05) is 11.5 Å². The molecule has 0 aliphatic heterocycles. The number of fused-ring (bicyclic) bond motifs is 1. The Morgan fingerprint density at radius 1 is 1.40 bits per heavy atom. The molecule has 2 aromatic rings. The molecule has 2 rings (SSSR count). The second kappa shape index (κ2) is 3.13. The summed E-state index contributed by atoms with van der Waals surface area (Å²) in [6, 6.07) is 4.27. The van der Waals surface area contributed by atoms with Gasteiger partial charge in [0.1, 0.15) is 5.75 Å². The molecule has 0 aliphatic rings. The first-order chi connectivity index (χ1) is 7.09. The number of aromatic carboxylic acids is 1. The van der Waals surface area contributed by atoms with Crippen LogP contribution in [-0.2, 0) is 0 Å². The first-order valence-corrected chi connectivity index (χ1v) is 4.20. The van der Waals surface area contributed by atoms with Crippen molar-refractivity contribution in [2.24, 2.45) is 0 Å². The minimum absolute atomic E-state index is 0.0139. The number of hydrogen-bond acceptors (Lipinski definition) is 4. The van der Waals surface area contributed by atoms with E-state index in [1.807, 2.05) is 0 Å². The Balaban J connectivity index is 2.88. The first-order valence-electron chi connectivity index (χ1n) is 4.20. The van der Waals surface area contributed by atoms with E-state index in [1.165, 1.54) is 24.4 Å². The number of benzene rings is 1. The number of carbonyl (C=O) groups is 1. The average molecular weight is 204 g/mol. The van der Waals surface area contributed by atoms with Crippen molar-refractivity contribution in [1.82, 2.24) is 4.98 Å². The number of carboxylic acids is 1. The molecule has 0 fully saturated rings. The minimum atomic E-state index is -1.11. The SMILES string of the molecule is Nc1cnc2cc(O)ccc2c1C(=O)O. The van der Waals surface area contributed by atoms with Crippen molar-refractivity contribution >= 4 is 22.6 Å². The summed E-state index contributed by atoms with van der Waals surface area (Å²) in [5, 5.41) is 18.6. The Kier molecular flexibility index (Phi) is 1.93. The third kappa shape index (κ3) is 1.43. The summed E-state index contributed by atoms with van der Waals surface area (Å²) >= 11 is 0. The number of nitrogens with zero attached hydrogens (tertiary/aromatic N) is 1. The molecular weight excluding hydrogens is 196 g/mol. The largest absolute Gasteiger partial charge is 0.508 e. The predicted octanol–water partition coefficient (Wildman–Crippen LogP) is 1.22. The van der Waals surface area contributed by atoms with Crippen molar-refractivity contribution in [1.29, 1.82) is 0 Å². The van der Waals surface area contributed by atoms with Gasteiger partial charge in [-0.1, -0.05) is 0 Å². The molecule has 1 aromatic carbocycles. The van der Waals surface area contributed by atoms with Crippen LogP contribution in [0.25, 0.3) is 10.9 Å². The Labute approximate surface area is 84.8 Å². The highest BCUT2D eigenvalue weighted by Crippen LogP contribution is 2.25. The van der Waals surface area contributed by atoms with E-state index in [1.54, 1.807) is 0 Å². The van der Waals surface area contributed by atoms with Crippen LogP contribution in [0.4, 0.5) is 5.69 Å². The Morgan fingerprint density at radius 3 is 2.80 bits per heavy atom. The van der Waals surface area contributed by atoms with E-state index < -0.39 is 5.97 Å². The zero-order chi connectivity index (χ0) is 11.0. The van der Waals surface area contributed by atoms with Gasteiger partial charge in [0.15, 0.2) is 0 Å². The Morgan fingerprint density at radius 2 is 2.13 bits per heavy atom. The summed E-state index contributed by atoms with van der Waals surface area (Å²) < 4.78 is 0. The third-order valence-corrected chi connectivity index (χ3v) is 2.10. The molecule has 0 spiro atoms. The second-order valence-electron chi connectivity index (χ2n) is 3.10. The molecule has 0 unspecified atom stereocenters. The van der Waals surface area contributed by atoms with E-state index in [9.17, 15) is 9.90 Å². The van der Waals surface area contributed by atoms with Crippen molar-refractivity contribution in [3.8, 4) is 5.75 Å². The van der Waals surface area contributed by atoms with Gasteiger partial charge < -0.3 is 15.9 Å². The van der Waals surface area contributed by atoms with Crippen LogP contribution in [0.5, 0.6) is 5.75 Å². The predicted molar refractivity (Wildman–Crippen MR) is 54.8 cm³/mol. The maximum Gasteiger partial charge on any atom is 0.338 e. The normalized spacial score (nSPS) is 10.4. The molecule has 5 heteroatoms. The van der Waals surface area contributed by atoms with E-state index in [2.05, 4.69) is 4.98 Å². The molecule has 1 heterocycles. The molecule has 0 aliphatic carbocycles. The van der Waals surface area contributed by atoms with Crippen molar-refractivity contribution in [2.45, 2.75) is 0 Å². The van der Waals surface area contributed by atoms with E-state index in [0.29, 0.717) is 10.9 Å². The van der Waals surface area contributed by atoms with Gasteiger partial charge in [0.2, 0.25) is 0 Å². The number of pyridine rings is 1. The number of nitrogen functional groups attached to an aromatic ring is 1. The number of phenolic OH excluding ortho intramolecular Hbond substituents is 1. The fourth-order valence-corrected chi connectivity index (χ4v) is 1.44. The number of rotatable bonds is 1. The molecule has 76 valence electrons. The maximum atomic E-state index is 11.0. The molecular formula is C10H8N2O3. The van der Waals surface area contributed by atoms with Crippen LogP contribution in [0.15, 0.2) is 24.4 Å². The molecule has 0 saturated carbocycles. The zero-order valence-electron chi connectivity index (χ0n) is 7.64. The molecule has 0 radical (unpaired) electrons. The van der Waals surface area contributed by atoms with E-state index in [0.717, 1.165) is 0 Å². The number of phenols is 1. The highest BCUT2D eigenvalue weighted by molar-refractivity contribution is 6.07. The number of nitrogens with two attached hydrogens (primary N) is 1. The van der Waals surface area contributed by atoms with Crippen LogP contribution in [0.2, 0.25) is 0 Å². The average Bonchev–Trinajstić information content (AvgIpc) is 2.17. The van der Waals surface area contributed by atoms with Crippen molar-refractivity contribution in [2.75, 3.05) is 5.73 Å². The van der Waals surface area contributed by atoms with Crippen molar-refractivity contribution in [3.63, 3.8) is 0 Å². The van der Waals surface area contributed by atoms with Gasteiger partial charge >= 0.3 is 5.97 Å². The molecule has 4 N–H and O–H groups in total. The lowest BCUT2D eigenvalue weighted by molar-refractivity contribution is 0.0700. The molecule has 0 atom stereocenters. The topological polar surface area (TPSA) is 96.4 Å². The Bertz CT molecular complexity index is 552. The lowest BCUT2D eigenvalue weighted by Crippen LogP contribution is -2.04. The fourth-order valence-electron chi connectivity index (χ4n) is 1.44. The number of anilines is 1. The van der Waals surface area contributed by atoms with Gasteiger partial charge in [-0.3, -0.25) is 4.98 Å². The van der Waals surface area contributed by atoms with Gasteiger partial charge in [0.05, 0.1) is 23.0 Å². The standard InChI is InChI=1S/C10H8N2O3/c11-7-4-12-8-3-5(13)1-2-6(8)9(7)10(14)15/h1-4,13H,11H2,(H,14,15).